The lowest BCUT2D eigenvalue weighted by Crippen LogP contribution is -2.37. The lowest BCUT2D eigenvalue weighted by atomic mass is 10.1. The molecular formula is C50H85NO10P+. The number of hydrogen-bond donors (Lipinski definition) is 3. The van der Waals surface area contributed by atoms with E-state index in [0.29, 0.717) is 36.7 Å². The fourth-order valence-electron chi connectivity index (χ4n) is 5.56. The highest BCUT2D eigenvalue weighted by Gasteiger charge is 2.27. The summed E-state index contributed by atoms with van der Waals surface area (Å²) in [5.41, 5.74) is 0. The predicted octanol–water partition coefficient (Wildman–Crippen LogP) is 11.3. The molecule has 0 spiro atoms. The van der Waals surface area contributed by atoms with Crippen molar-refractivity contribution in [3.05, 3.63) is 97.2 Å². The number of phosphoric acid groups is 1. The Morgan fingerprint density at radius 1 is 0.581 bits per heavy atom. The smallest absolute Gasteiger partial charge is 0.462 e. The van der Waals surface area contributed by atoms with Crippen LogP contribution >= 0.6 is 7.82 Å². The van der Waals surface area contributed by atoms with E-state index < -0.39 is 44.7 Å². The molecule has 0 amide bonds. The summed E-state index contributed by atoms with van der Waals surface area (Å²) in [7, 11) is 1.29. The molecule has 0 heterocycles. The number of rotatable bonds is 40. The fourth-order valence-corrected chi connectivity index (χ4v) is 6.30. The van der Waals surface area contributed by atoms with Gasteiger partial charge in [0.2, 0.25) is 0 Å². The number of aliphatic hydroxyl groups excluding tert-OH is 2. The van der Waals surface area contributed by atoms with Gasteiger partial charge >= 0.3 is 19.8 Å². The van der Waals surface area contributed by atoms with Gasteiger partial charge in [-0.25, -0.2) is 4.57 Å². The van der Waals surface area contributed by atoms with Gasteiger partial charge in [-0.15, -0.1) is 0 Å². The first-order valence-corrected chi connectivity index (χ1v) is 24.7. The first kappa shape index (κ1) is 58.9. The van der Waals surface area contributed by atoms with E-state index >= 15 is 0 Å². The molecule has 0 aliphatic rings. The fraction of sp³-hybridized carbons (Fsp3) is 0.640. The van der Waals surface area contributed by atoms with Crippen LogP contribution in [0.3, 0.4) is 0 Å². The molecule has 1 unspecified atom stereocenters. The monoisotopic (exact) mass is 891 g/mol. The van der Waals surface area contributed by atoms with Gasteiger partial charge in [-0.2, -0.15) is 0 Å². The second kappa shape index (κ2) is 40.6. The number of carbonyl (C=O) groups is 2. The van der Waals surface area contributed by atoms with Crippen LogP contribution in [0.25, 0.3) is 0 Å². The van der Waals surface area contributed by atoms with Crippen LogP contribution in [0.1, 0.15) is 142 Å². The molecule has 11 nitrogen and oxygen atoms in total. The average molecular weight is 891 g/mol. The Hall–Kier alpha value is -3.15. The number of ether oxygens (including phenoxy) is 2. The molecule has 3 N–H and O–H groups in total. The molecule has 0 aromatic rings. The molecule has 0 bridgehead atoms. The van der Waals surface area contributed by atoms with Crippen LogP contribution in [0.2, 0.25) is 0 Å². The van der Waals surface area contributed by atoms with Crippen LogP contribution in [0.15, 0.2) is 97.2 Å². The Morgan fingerprint density at radius 3 is 1.65 bits per heavy atom. The SMILES string of the molecule is CCCCC/C=C\C/C=C\C/C=C\C/C=C\CCCCCC(=O)OC[C@H](COP(=O)(O)OCC[N+](C)(C)C)OC(=O)CCC[C@H](O)/C=C/C=C\C/C=C\C=C\[C@H](O)CCCCC. The molecule has 0 radical (unpaired) electrons. The first-order valence-electron chi connectivity index (χ1n) is 23.2. The summed E-state index contributed by atoms with van der Waals surface area (Å²) in [6.45, 7) is 3.96. The third kappa shape index (κ3) is 43.5. The van der Waals surface area contributed by atoms with Crippen molar-refractivity contribution in [1.29, 1.82) is 0 Å². The van der Waals surface area contributed by atoms with E-state index in [-0.39, 0.29) is 26.1 Å². The van der Waals surface area contributed by atoms with Gasteiger partial charge in [-0.05, 0) is 77.0 Å². The molecule has 62 heavy (non-hydrogen) atoms. The maximum Gasteiger partial charge on any atom is 0.472 e. The zero-order valence-electron chi connectivity index (χ0n) is 39.0. The van der Waals surface area contributed by atoms with Crippen molar-refractivity contribution in [3.8, 4) is 0 Å². The number of allylic oxidation sites excluding steroid dienone is 14. The molecule has 0 aliphatic carbocycles. The number of hydrogen-bond acceptors (Lipinski definition) is 9. The molecule has 0 aliphatic heterocycles. The normalized spacial score (nSPS) is 15.4. The Bertz CT molecular complexity index is 1410. The van der Waals surface area contributed by atoms with Gasteiger partial charge in [0.15, 0.2) is 6.10 Å². The van der Waals surface area contributed by atoms with Gasteiger partial charge < -0.3 is 29.1 Å². The highest BCUT2D eigenvalue weighted by Crippen LogP contribution is 2.43. The van der Waals surface area contributed by atoms with Crippen LogP contribution in [-0.2, 0) is 32.7 Å². The Labute approximate surface area is 376 Å². The topological polar surface area (TPSA) is 149 Å². The maximum atomic E-state index is 12.7. The van der Waals surface area contributed by atoms with Gasteiger partial charge in [0.25, 0.3) is 0 Å². The zero-order valence-corrected chi connectivity index (χ0v) is 39.9. The van der Waals surface area contributed by atoms with E-state index in [9.17, 15) is 29.3 Å². The van der Waals surface area contributed by atoms with Gasteiger partial charge in [0.05, 0.1) is 40.0 Å². The standard InChI is InChI=1S/C50H84NO10P/c1-6-8-10-11-12-13-14-15-16-17-18-19-20-21-22-23-27-30-34-40-49(54)58-44-48(45-60-62(56,57)59-43-42-51(3,4)5)61-50(55)41-35-39-47(53)38-33-29-26-24-25-28-32-37-46(52)36-31-9-7-2/h12-13,15-16,18-19,21-22,25-26,28-29,32-33,37-38,46-48,52-53H,6-11,14,17,20,23-24,27,30-31,34-36,39-45H2,1-5H3/p+1/b13-12-,16-15-,19-18-,22-21-,28-25-,29-26-,37-32+,38-33+/t46-,47-,48-/m1/s1. The molecule has 354 valence electrons. The van der Waals surface area contributed by atoms with E-state index in [1.165, 1.54) is 25.7 Å². The number of unbranched alkanes of at least 4 members (excludes halogenated alkanes) is 8. The Balaban J connectivity index is 4.64. The molecule has 12 heteroatoms. The summed E-state index contributed by atoms with van der Waals surface area (Å²) in [6.07, 6.45) is 46.7. The minimum absolute atomic E-state index is 0.0208. The molecule has 0 saturated heterocycles. The molecule has 0 saturated carbocycles. The number of esters is 2. The molecular weight excluding hydrogens is 806 g/mol. The predicted molar refractivity (Wildman–Crippen MR) is 254 cm³/mol. The van der Waals surface area contributed by atoms with E-state index in [1.54, 1.807) is 18.2 Å². The van der Waals surface area contributed by atoms with Crippen molar-refractivity contribution in [1.82, 2.24) is 0 Å². The van der Waals surface area contributed by atoms with Crippen LogP contribution in [0.4, 0.5) is 0 Å². The van der Waals surface area contributed by atoms with E-state index in [2.05, 4.69) is 62.5 Å². The highest BCUT2D eigenvalue weighted by atomic mass is 31.2. The third-order valence-electron chi connectivity index (χ3n) is 9.29. The summed E-state index contributed by atoms with van der Waals surface area (Å²) >= 11 is 0. The summed E-state index contributed by atoms with van der Waals surface area (Å²) in [5.74, 6) is -1.07. The van der Waals surface area contributed by atoms with Gasteiger partial charge in [-0.3, -0.25) is 18.6 Å². The van der Waals surface area contributed by atoms with Gasteiger partial charge in [-0.1, -0.05) is 150 Å². The van der Waals surface area contributed by atoms with E-state index in [1.807, 2.05) is 51.5 Å². The van der Waals surface area contributed by atoms with Crippen molar-refractivity contribution >= 4 is 19.8 Å². The van der Waals surface area contributed by atoms with Gasteiger partial charge in [0, 0.05) is 12.8 Å². The van der Waals surface area contributed by atoms with Crippen molar-refractivity contribution in [3.63, 3.8) is 0 Å². The molecule has 4 atom stereocenters. The molecule has 0 aromatic heterocycles. The maximum absolute atomic E-state index is 12.7. The molecule has 0 rings (SSSR count). The van der Waals surface area contributed by atoms with E-state index in [0.717, 1.165) is 64.2 Å². The zero-order chi connectivity index (χ0) is 46.0. The summed E-state index contributed by atoms with van der Waals surface area (Å²) in [4.78, 5) is 35.4. The number of quaternary nitrogens is 1. The molecule has 0 aromatic carbocycles. The largest absolute Gasteiger partial charge is 0.472 e. The third-order valence-corrected chi connectivity index (χ3v) is 10.3. The van der Waals surface area contributed by atoms with Gasteiger partial charge in [0.1, 0.15) is 19.8 Å². The lowest BCUT2D eigenvalue weighted by Gasteiger charge is -2.24. The number of nitrogens with zero attached hydrogens (tertiary/aromatic N) is 1. The minimum Gasteiger partial charge on any atom is -0.462 e. The second-order valence-corrected chi connectivity index (χ2v) is 17.9. The summed E-state index contributed by atoms with van der Waals surface area (Å²) < 4.78 is 34.1. The number of carbonyl (C=O) groups excluding carboxylic acids is 2. The first-order chi connectivity index (χ1) is 29.8. The van der Waals surface area contributed by atoms with Crippen molar-refractivity contribution in [2.24, 2.45) is 0 Å². The van der Waals surface area contributed by atoms with E-state index in [4.69, 9.17) is 18.5 Å². The van der Waals surface area contributed by atoms with Crippen molar-refractivity contribution < 1.29 is 52.3 Å². The minimum atomic E-state index is -4.46. The van der Waals surface area contributed by atoms with Crippen LogP contribution in [-0.4, -0.2) is 97.3 Å². The second-order valence-electron chi connectivity index (χ2n) is 16.5. The average Bonchev–Trinajstić information content (AvgIpc) is 3.21. The van der Waals surface area contributed by atoms with Crippen molar-refractivity contribution in [2.75, 3.05) is 47.5 Å². The van der Waals surface area contributed by atoms with Crippen LogP contribution < -0.4 is 0 Å². The quantitative estimate of drug-likeness (QED) is 0.0136. The summed E-state index contributed by atoms with van der Waals surface area (Å²) in [6, 6.07) is 0. The lowest BCUT2D eigenvalue weighted by molar-refractivity contribution is -0.870. The number of aliphatic hydroxyl groups is 2. The number of likely N-dealkylation sites (N-methyl/N-ethyl adjacent to an activating group) is 1. The van der Waals surface area contributed by atoms with Crippen LogP contribution in [0.5, 0.6) is 0 Å². The Kier molecular flexibility index (Phi) is 38.5. The Morgan fingerprint density at radius 2 is 1.08 bits per heavy atom. The van der Waals surface area contributed by atoms with Crippen LogP contribution in [0, 0.1) is 0 Å². The number of phosphoric ester groups is 1. The molecule has 0 fully saturated rings. The van der Waals surface area contributed by atoms with Crippen molar-refractivity contribution in [2.45, 2.75) is 161 Å². The summed E-state index contributed by atoms with van der Waals surface area (Å²) in [5, 5.41) is 20.2. The highest BCUT2D eigenvalue weighted by molar-refractivity contribution is 7.47.